The molecule has 0 aromatic heterocycles. The molecule has 2 aromatic rings. The third-order valence-corrected chi connectivity index (χ3v) is 5.96. The molecule has 146 valence electrons. The standard InChI is InChI=1S/C18H19Cl2FN2O3S/c1-11(13-4-6-14(21)7-5-13)22-18(24)12(2)23(27(3,25)26)15-8-9-16(19)17(20)10-15/h4-12H,1-3H3,(H,22,24)/t11-,12+/m0/s1. The van der Waals surface area contributed by atoms with E-state index in [-0.39, 0.29) is 21.5 Å². The maximum Gasteiger partial charge on any atom is 0.244 e. The first kappa shape index (κ1) is 21.5. The van der Waals surface area contributed by atoms with Crippen LogP contribution in [0.4, 0.5) is 10.1 Å². The molecular formula is C18H19Cl2FN2O3S. The molecule has 2 rings (SSSR count). The number of carbonyl (C=O) groups excluding carboxylic acids is 1. The van der Waals surface area contributed by atoms with Crippen molar-refractivity contribution in [3.05, 3.63) is 63.9 Å². The van der Waals surface area contributed by atoms with Crippen LogP contribution in [0.25, 0.3) is 0 Å². The zero-order valence-electron chi connectivity index (χ0n) is 14.9. The van der Waals surface area contributed by atoms with E-state index in [4.69, 9.17) is 23.2 Å². The van der Waals surface area contributed by atoms with Crippen molar-refractivity contribution in [3.63, 3.8) is 0 Å². The van der Waals surface area contributed by atoms with Crippen molar-refractivity contribution in [2.24, 2.45) is 0 Å². The van der Waals surface area contributed by atoms with E-state index < -0.39 is 28.0 Å². The van der Waals surface area contributed by atoms with Gasteiger partial charge in [0.25, 0.3) is 0 Å². The van der Waals surface area contributed by atoms with Gasteiger partial charge in [0.15, 0.2) is 0 Å². The first-order chi connectivity index (χ1) is 12.5. The van der Waals surface area contributed by atoms with Crippen LogP contribution < -0.4 is 9.62 Å². The van der Waals surface area contributed by atoms with Crippen LogP contribution in [-0.2, 0) is 14.8 Å². The average molecular weight is 433 g/mol. The van der Waals surface area contributed by atoms with Crippen LogP contribution in [0, 0.1) is 5.82 Å². The Kier molecular flexibility index (Phi) is 6.72. The Hall–Kier alpha value is -1.83. The quantitative estimate of drug-likeness (QED) is 0.744. The molecule has 0 heterocycles. The lowest BCUT2D eigenvalue weighted by Gasteiger charge is -2.29. The lowest BCUT2D eigenvalue weighted by molar-refractivity contribution is -0.122. The van der Waals surface area contributed by atoms with Gasteiger partial charge < -0.3 is 5.32 Å². The molecule has 27 heavy (non-hydrogen) atoms. The molecule has 0 saturated carbocycles. The van der Waals surface area contributed by atoms with Crippen molar-refractivity contribution in [1.29, 1.82) is 0 Å². The molecule has 5 nitrogen and oxygen atoms in total. The van der Waals surface area contributed by atoms with E-state index in [1.54, 1.807) is 19.1 Å². The highest BCUT2D eigenvalue weighted by atomic mass is 35.5. The van der Waals surface area contributed by atoms with Gasteiger partial charge in [-0.25, -0.2) is 12.8 Å². The van der Waals surface area contributed by atoms with Gasteiger partial charge in [0.2, 0.25) is 15.9 Å². The fourth-order valence-electron chi connectivity index (χ4n) is 2.60. The van der Waals surface area contributed by atoms with Gasteiger partial charge in [-0.05, 0) is 49.7 Å². The van der Waals surface area contributed by atoms with E-state index in [0.717, 1.165) is 10.6 Å². The van der Waals surface area contributed by atoms with Gasteiger partial charge in [-0.2, -0.15) is 0 Å². The summed E-state index contributed by atoms with van der Waals surface area (Å²) < 4.78 is 38.6. The van der Waals surface area contributed by atoms with Crippen LogP contribution in [-0.4, -0.2) is 26.6 Å². The Bertz CT molecular complexity index is 936. The van der Waals surface area contributed by atoms with Crippen molar-refractivity contribution in [2.75, 3.05) is 10.6 Å². The normalized spacial score (nSPS) is 13.7. The summed E-state index contributed by atoms with van der Waals surface area (Å²) in [6.07, 6.45) is 1.00. The number of carbonyl (C=O) groups is 1. The van der Waals surface area contributed by atoms with Gasteiger partial charge in [-0.1, -0.05) is 35.3 Å². The Labute approximate surface area is 168 Å². The van der Waals surface area contributed by atoms with E-state index >= 15 is 0 Å². The van der Waals surface area contributed by atoms with Crippen LogP contribution in [0.5, 0.6) is 0 Å². The predicted octanol–water partition coefficient (Wildman–Crippen LogP) is 4.16. The number of anilines is 1. The number of hydrogen-bond donors (Lipinski definition) is 1. The molecule has 0 aliphatic carbocycles. The van der Waals surface area contributed by atoms with E-state index in [2.05, 4.69) is 5.32 Å². The number of rotatable bonds is 6. The molecule has 0 aliphatic heterocycles. The van der Waals surface area contributed by atoms with Gasteiger partial charge in [-0.15, -0.1) is 0 Å². The summed E-state index contributed by atoms with van der Waals surface area (Å²) in [5.74, 6) is -0.892. The summed E-state index contributed by atoms with van der Waals surface area (Å²) in [6, 6.07) is 8.54. The first-order valence-corrected chi connectivity index (χ1v) is 10.6. The molecular weight excluding hydrogens is 414 g/mol. The maximum absolute atomic E-state index is 13.0. The Morgan fingerprint density at radius 1 is 1.07 bits per heavy atom. The van der Waals surface area contributed by atoms with E-state index in [0.29, 0.717) is 5.56 Å². The van der Waals surface area contributed by atoms with Crippen molar-refractivity contribution in [2.45, 2.75) is 25.9 Å². The van der Waals surface area contributed by atoms with Crippen LogP contribution >= 0.6 is 23.2 Å². The van der Waals surface area contributed by atoms with Gasteiger partial charge in [0, 0.05) is 0 Å². The lowest BCUT2D eigenvalue weighted by Crippen LogP contribution is -2.48. The molecule has 0 spiro atoms. The minimum absolute atomic E-state index is 0.176. The summed E-state index contributed by atoms with van der Waals surface area (Å²) in [6.45, 7) is 3.19. The zero-order valence-corrected chi connectivity index (χ0v) is 17.2. The smallest absolute Gasteiger partial charge is 0.244 e. The first-order valence-electron chi connectivity index (χ1n) is 8.01. The van der Waals surface area contributed by atoms with Crippen LogP contribution in [0.2, 0.25) is 10.0 Å². The zero-order chi connectivity index (χ0) is 20.4. The maximum atomic E-state index is 13.0. The Balaban J connectivity index is 2.26. The average Bonchev–Trinajstić information content (AvgIpc) is 2.57. The van der Waals surface area contributed by atoms with Crippen molar-refractivity contribution in [3.8, 4) is 0 Å². The minimum Gasteiger partial charge on any atom is -0.348 e. The molecule has 2 aromatic carbocycles. The summed E-state index contributed by atoms with van der Waals surface area (Å²) in [7, 11) is -3.78. The summed E-state index contributed by atoms with van der Waals surface area (Å²) in [5, 5.41) is 3.19. The summed E-state index contributed by atoms with van der Waals surface area (Å²) in [4.78, 5) is 12.7. The Morgan fingerprint density at radius 3 is 2.19 bits per heavy atom. The van der Waals surface area contributed by atoms with Gasteiger partial charge >= 0.3 is 0 Å². The van der Waals surface area contributed by atoms with Crippen LogP contribution in [0.15, 0.2) is 42.5 Å². The predicted molar refractivity (Wildman–Crippen MR) is 106 cm³/mol. The molecule has 0 unspecified atom stereocenters. The highest BCUT2D eigenvalue weighted by Gasteiger charge is 2.30. The second-order valence-electron chi connectivity index (χ2n) is 6.12. The summed E-state index contributed by atoms with van der Waals surface area (Å²) in [5.41, 5.74) is 0.918. The molecule has 1 amide bonds. The highest BCUT2D eigenvalue weighted by molar-refractivity contribution is 7.92. The molecule has 9 heteroatoms. The third kappa shape index (κ3) is 5.34. The van der Waals surface area contributed by atoms with Crippen molar-refractivity contribution < 1.29 is 17.6 Å². The molecule has 0 bridgehead atoms. The van der Waals surface area contributed by atoms with Crippen LogP contribution in [0.1, 0.15) is 25.5 Å². The monoisotopic (exact) mass is 432 g/mol. The van der Waals surface area contributed by atoms with Crippen molar-refractivity contribution in [1.82, 2.24) is 5.32 Å². The van der Waals surface area contributed by atoms with Gasteiger partial charge in [-0.3, -0.25) is 9.10 Å². The van der Waals surface area contributed by atoms with Gasteiger partial charge in [0.1, 0.15) is 11.9 Å². The van der Waals surface area contributed by atoms with E-state index in [1.807, 2.05) is 0 Å². The van der Waals surface area contributed by atoms with Gasteiger partial charge in [0.05, 0.1) is 28.0 Å². The molecule has 0 aliphatic rings. The number of amides is 1. The SMILES string of the molecule is C[C@H](NC(=O)[C@@H](C)N(c1ccc(Cl)c(Cl)c1)S(C)(=O)=O)c1ccc(F)cc1. The summed E-state index contributed by atoms with van der Waals surface area (Å²) >= 11 is 11.9. The number of halogens is 3. The lowest BCUT2D eigenvalue weighted by atomic mass is 10.1. The highest BCUT2D eigenvalue weighted by Crippen LogP contribution is 2.29. The fourth-order valence-corrected chi connectivity index (χ4v) is 4.06. The Morgan fingerprint density at radius 2 is 1.67 bits per heavy atom. The number of nitrogens with zero attached hydrogens (tertiary/aromatic N) is 1. The fraction of sp³-hybridized carbons (Fsp3) is 0.278. The number of hydrogen-bond acceptors (Lipinski definition) is 3. The molecule has 0 radical (unpaired) electrons. The van der Waals surface area contributed by atoms with E-state index in [9.17, 15) is 17.6 Å². The third-order valence-electron chi connectivity index (χ3n) is 3.97. The molecule has 0 fully saturated rings. The molecule has 0 saturated heterocycles. The second-order valence-corrected chi connectivity index (χ2v) is 8.79. The van der Waals surface area contributed by atoms with Crippen LogP contribution in [0.3, 0.4) is 0 Å². The second kappa shape index (κ2) is 8.46. The topological polar surface area (TPSA) is 66.5 Å². The molecule has 1 N–H and O–H groups in total. The van der Waals surface area contributed by atoms with E-state index in [1.165, 1.54) is 37.3 Å². The largest absolute Gasteiger partial charge is 0.348 e. The molecule has 2 atom stereocenters. The minimum atomic E-state index is -3.78. The number of nitrogens with one attached hydrogen (secondary N) is 1. The number of benzene rings is 2. The van der Waals surface area contributed by atoms with Crippen molar-refractivity contribution >= 4 is 44.8 Å². The number of sulfonamides is 1.